The zero-order valence-corrected chi connectivity index (χ0v) is 16.7. The number of hydrogen-bond donors (Lipinski definition) is 0. The molecule has 1 heterocycles. The maximum Gasteiger partial charge on any atom is 0.259 e. The van der Waals surface area contributed by atoms with Crippen molar-refractivity contribution in [2.45, 2.75) is 13.8 Å². The standard InChI is InChI=1S/C19H19ClN2O4S/c1-19(2)12-27(25,26)22(18(19)24)14-9-10-16(20)15(11-14)17(23)21(3)13-7-5-4-6-8-13/h4-11H,12H2,1-3H3. The molecule has 8 heteroatoms. The highest BCUT2D eigenvalue weighted by Crippen LogP contribution is 2.37. The summed E-state index contributed by atoms with van der Waals surface area (Å²) in [6, 6.07) is 13.2. The van der Waals surface area contributed by atoms with E-state index < -0.39 is 27.3 Å². The Bertz CT molecular complexity index is 1020. The van der Waals surface area contributed by atoms with E-state index in [2.05, 4.69) is 0 Å². The summed E-state index contributed by atoms with van der Waals surface area (Å²) in [5, 5.41) is 0.176. The van der Waals surface area contributed by atoms with E-state index in [9.17, 15) is 18.0 Å². The van der Waals surface area contributed by atoms with Gasteiger partial charge in [0.05, 0.1) is 27.4 Å². The predicted octanol–water partition coefficient (Wildman–Crippen LogP) is 3.32. The van der Waals surface area contributed by atoms with Gasteiger partial charge in [0.1, 0.15) is 0 Å². The highest BCUT2D eigenvalue weighted by atomic mass is 35.5. The molecule has 1 saturated heterocycles. The quantitative estimate of drug-likeness (QED) is 0.783. The Morgan fingerprint density at radius 2 is 1.78 bits per heavy atom. The maximum absolute atomic E-state index is 12.9. The molecule has 1 aliphatic rings. The summed E-state index contributed by atoms with van der Waals surface area (Å²) >= 11 is 6.19. The number of para-hydroxylation sites is 1. The van der Waals surface area contributed by atoms with Crippen molar-refractivity contribution in [2.75, 3.05) is 22.0 Å². The Morgan fingerprint density at radius 3 is 2.33 bits per heavy atom. The largest absolute Gasteiger partial charge is 0.311 e. The van der Waals surface area contributed by atoms with E-state index >= 15 is 0 Å². The van der Waals surface area contributed by atoms with Crippen LogP contribution in [-0.2, 0) is 14.8 Å². The van der Waals surface area contributed by atoms with Crippen molar-refractivity contribution in [1.29, 1.82) is 0 Å². The number of sulfonamides is 1. The van der Waals surface area contributed by atoms with Gasteiger partial charge in [0.15, 0.2) is 0 Å². The number of carbonyl (C=O) groups excluding carboxylic acids is 2. The van der Waals surface area contributed by atoms with Gasteiger partial charge in [-0.2, -0.15) is 0 Å². The van der Waals surface area contributed by atoms with Crippen molar-refractivity contribution in [3.8, 4) is 0 Å². The van der Waals surface area contributed by atoms with E-state index in [0.717, 1.165) is 4.31 Å². The number of rotatable bonds is 3. The van der Waals surface area contributed by atoms with Crippen molar-refractivity contribution < 1.29 is 18.0 Å². The Balaban J connectivity index is 2.03. The zero-order valence-electron chi connectivity index (χ0n) is 15.1. The molecule has 6 nitrogen and oxygen atoms in total. The predicted molar refractivity (Wildman–Crippen MR) is 106 cm³/mol. The average Bonchev–Trinajstić information content (AvgIpc) is 2.78. The first-order valence-corrected chi connectivity index (χ1v) is 10.2. The van der Waals surface area contributed by atoms with Crippen LogP contribution in [0.15, 0.2) is 48.5 Å². The van der Waals surface area contributed by atoms with Gasteiger partial charge in [-0.15, -0.1) is 0 Å². The van der Waals surface area contributed by atoms with Crippen molar-refractivity contribution in [3.63, 3.8) is 0 Å². The van der Waals surface area contributed by atoms with Crippen molar-refractivity contribution in [2.24, 2.45) is 5.41 Å². The van der Waals surface area contributed by atoms with Gasteiger partial charge in [-0.1, -0.05) is 29.8 Å². The minimum Gasteiger partial charge on any atom is -0.311 e. The molecular weight excluding hydrogens is 388 g/mol. The summed E-state index contributed by atoms with van der Waals surface area (Å²) in [5.41, 5.74) is -0.133. The van der Waals surface area contributed by atoms with E-state index in [-0.39, 0.29) is 22.0 Å². The number of benzene rings is 2. The monoisotopic (exact) mass is 406 g/mol. The lowest BCUT2D eigenvalue weighted by molar-refractivity contribution is -0.123. The Labute approximate surface area is 163 Å². The molecule has 0 radical (unpaired) electrons. The molecule has 2 aromatic carbocycles. The third-order valence-corrected chi connectivity index (χ3v) is 6.80. The van der Waals surface area contributed by atoms with Crippen LogP contribution in [0.25, 0.3) is 0 Å². The van der Waals surface area contributed by atoms with E-state index in [1.807, 2.05) is 6.07 Å². The van der Waals surface area contributed by atoms with Gasteiger partial charge in [0, 0.05) is 12.7 Å². The molecule has 142 valence electrons. The molecule has 0 bridgehead atoms. The fourth-order valence-electron chi connectivity index (χ4n) is 3.01. The molecule has 2 aromatic rings. The van der Waals surface area contributed by atoms with Crippen molar-refractivity contribution in [1.82, 2.24) is 0 Å². The lowest BCUT2D eigenvalue weighted by atomic mass is 9.95. The minimum absolute atomic E-state index is 0.111. The molecule has 27 heavy (non-hydrogen) atoms. The Hall–Kier alpha value is -2.38. The average molecular weight is 407 g/mol. The molecule has 0 unspecified atom stereocenters. The molecule has 1 aliphatic heterocycles. The van der Waals surface area contributed by atoms with E-state index in [1.165, 1.54) is 23.1 Å². The highest BCUT2D eigenvalue weighted by molar-refractivity contribution is 7.94. The lowest BCUT2D eigenvalue weighted by Gasteiger charge is -2.21. The third kappa shape index (κ3) is 3.44. The Kier molecular flexibility index (Phi) is 4.78. The number of amides is 2. The van der Waals surface area contributed by atoms with Crippen LogP contribution in [-0.4, -0.2) is 33.0 Å². The molecular formula is C19H19ClN2O4S. The molecule has 0 aliphatic carbocycles. The van der Waals surface area contributed by atoms with Gasteiger partial charge < -0.3 is 4.90 Å². The molecule has 0 spiro atoms. The van der Waals surface area contributed by atoms with Gasteiger partial charge >= 0.3 is 0 Å². The fraction of sp³-hybridized carbons (Fsp3) is 0.263. The fourth-order valence-corrected chi connectivity index (χ4v) is 5.31. The molecule has 2 amide bonds. The second-order valence-corrected chi connectivity index (χ2v) is 9.30. The smallest absolute Gasteiger partial charge is 0.259 e. The van der Waals surface area contributed by atoms with Gasteiger partial charge in [-0.05, 0) is 44.2 Å². The maximum atomic E-state index is 12.9. The molecule has 3 rings (SSSR count). The van der Waals surface area contributed by atoms with Crippen LogP contribution in [0.3, 0.4) is 0 Å². The number of nitrogens with zero attached hydrogens (tertiary/aromatic N) is 2. The number of hydrogen-bond acceptors (Lipinski definition) is 4. The van der Waals surface area contributed by atoms with E-state index in [4.69, 9.17) is 11.6 Å². The number of anilines is 2. The molecule has 0 atom stereocenters. The summed E-state index contributed by atoms with van der Waals surface area (Å²) < 4.78 is 25.7. The van der Waals surface area contributed by atoms with Crippen LogP contribution in [0.4, 0.5) is 11.4 Å². The van der Waals surface area contributed by atoms with Gasteiger partial charge in [-0.25, -0.2) is 12.7 Å². The zero-order chi connectivity index (χ0) is 20.0. The summed E-state index contributed by atoms with van der Waals surface area (Å²) in [7, 11) is -2.21. The third-order valence-electron chi connectivity index (χ3n) is 4.45. The molecule has 0 N–H and O–H groups in total. The first kappa shape index (κ1) is 19.4. The van der Waals surface area contributed by atoms with E-state index in [1.54, 1.807) is 45.2 Å². The first-order valence-electron chi connectivity index (χ1n) is 8.25. The summed E-state index contributed by atoms with van der Waals surface area (Å²) in [6.07, 6.45) is 0. The molecule has 0 aromatic heterocycles. The second kappa shape index (κ2) is 6.65. The summed E-state index contributed by atoms with van der Waals surface area (Å²) in [5.74, 6) is -1.22. The van der Waals surface area contributed by atoms with Crippen LogP contribution >= 0.6 is 11.6 Å². The molecule has 0 saturated carbocycles. The first-order chi connectivity index (χ1) is 12.5. The molecule has 1 fully saturated rings. The van der Waals surface area contributed by atoms with Crippen LogP contribution in [0.2, 0.25) is 5.02 Å². The topological polar surface area (TPSA) is 74.8 Å². The van der Waals surface area contributed by atoms with Gasteiger partial charge in [-0.3, -0.25) is 9.59 Å². The summed E-state index contributed by atoms with van der Waals surface area (Å²) in [4.78, 5) is 26.9. The van der Waals surface area contributed by atoms with Crippen LogP contribution in [0.1, 0.15) is 24.2 Å². The SMILES string of the molecule is CN(C(=O)c1cc(N2C(=O)C(C)(C)CS2(=O)=O)ccc1Cl)c1ccccc1. The number of halogens is 1. The lowest BCUT2D eigenvalue weighted by Crippen LogP contribution is -2.33. The highest BCUT2D eigenvalue weighted by Gasteiger charge is 2.50. The van der Waals surface area contributed by atoms with Crippen LogP contribution in [0.5, 0.6) is 0 Å². The Morgan fingerprint density at radius 1 is 1.15 bits per heavy atom. The van der Waals surface area contributed by atoms with E-state index in [0.29, 0.717) is 5.69 Å². The van der Waals surface area contributed by atoms with Crippen LogP contribution in [0, 0.1) is 5.41 Å². The minimum atomic E-state index is -3.81. The normalized spacial score (nSPS) is 17.8. The van der Waals surface area contributed by atoms with Gasteiger partial charge in [0.25, 0.3) is 5.91 Å². The second-order valence-electron chi connectivity index (χ2n) is 7.07. The number of carbonyl (C=O) groups is 2. The summed E-state index contributed by atoms with van der Waals surface area (Å²) in [6.45, 7) is 3.16. The van der Waals surface area contributed by atoms with Crippen LogP contribution < -0.4 is 9.21 Å². The van der Waals surface area contributed by atoms with Gasteiger partial charge in [0.2, 0.25) is 15.9 Å². The van der Waals surface area contributed by atoms with Crippen molar-refractivity contribution >= 4 is 44.8 Å². The van der Waals surface area contributed by atoms with Crippen molar-refractivity contribution in [3.05, 3.63) is 59.1 Å².